The lowest BCUT2D eigenvalue weighted by Crippen LogP contribution is -2.39. The first-order valence-electron chi connectivity index (χ1n) is 8.73. The van der Waals surface area contributed by atoms with Gasteiger partial charge in [-0.05, 0) is 56.4 Å². The Kier molecular flexibility index (Phi) is 7.28. The number of rotatable bonds is 8. The molecular formula is C19H29NO2S. The highest BCUT2D eigenvalue weighted by Gasteiger charge is 2.19. The number of carbonyl (C=O) groups excluding carboxylic acids is 1. The third-order valence-corrected chi connectivity index (χ3v) is 5.86. The maximum atomic E-state index is 12.3. The van der Waals surface area contributed by atoms with E-state index in [1.807, 2.05) is 36.9 Å². The number of ether oxygens (including phenoxy) is 1. The minimum atomic E-state index is -0.409. The topological polar surface area (TPSA) is 38.3 Å². The second-order valence-electron chi connectivity index (χ2n) is 6.33. The van der Waals surface area contributed by atoms with E-state index in [9.17, 15) is 4.79 Å². The Hall–Kier alpha value is -1.16. The van der Waals surface area contributed by atoms with Crippen LogP contribution in [0.5, 0.6) is 5.75 Å². The van der Waals surface area contributed by atoms with Crippen LogP contribution in [0, 0.1) is 13.8 Å². The van der Waals surface area contributed by atoms with E-state index in [4.69, 9.17) is 4.74 Å². The number of amides is 1. The molecule has 1 saturated carbocycles. The van der Waals surface area contributed by atoms with Crippen LogP contribution in [0.15, 0.2) is 18.2 Å². The van der Waals surface area contributed by atoms with Gasteiger partial charge in [0.2, 0.25) is 0 Å². The van der Waals surface area contributed by atoms with Gasteiger partial charge in [0.1, 0.15) is 5.75 Å². The van der Waals surface area contributed by atoms with Crippen molar-refractivity contribution in [3.8, 4) is 5.75 Å². The van der Waals surface area contributed by atoms with Crippen molar-refractivity contribution >= 4 is 17.7 Å². The number of aryl methyl sites for hydroxylation is 2. The minimum Gasteiger partial charge on any atom is -0.481 e. The summed E-state index contributed by atoms with van der Waals surface area (Å²) in [7, 11) is 0. The molecule has 1 N–H and O–H groups in total. The highest BCUT2D eigenvalue weighted by Crippen LogP contribution is 2.28. The van der Waals surface area contributed by atoms with Crippen molar-refractivity contribution in [2.24, 2.45) is 0 Å². The van der Waals surface area contributed by atoms with Crippen LogP contribution in [-0.2, 0) is 4.79 Å². The number of carbonyl (C=O) groups is 1. The van der Waals surface area contributed by atoms with Gasteiger partial charge in [-0.15, -0.1) is 0 Å². The fourth-order valence-electron chi connectivity index (χ4n) is 2.84. The van der Waals surface area contributed by atoms with Gasteiger partial charge in [-0.3, -0.25) is 4.79 Å². The summed E-state index contributed by atoms with van der Waals surface area (Å²) < 4.78 is 5.87. The Morgan fingerprint density at radius 1 is 1.30 bits per heavy atom. The van der Waals surface area contributed by atoms with Crippen LogP contribution >= 0.6 is 11.8 Å². The third kappa shape index (κ3) is 5.76. The van der Waals surface area contributed by atoms with Gasteiger partial charge in [-0.1, -0.05) is 25.8 Å². The quantitative estimate of drug-likeness (QED) is 0.722. The summed E-state index contributed by atoms with van der Waals surface area (Å²) in [5.41, 5.74) is 2.42. The van der Waals surface area contributed by atoms with Gasteiger partial charge < -0.3 is 10.1 Å². The Morgan fingerprint density at radius 3 is 2.70 bits per heavy atom. The molecule has 1 amide bonds. The van der Waals surface area contributed by atoms with E-state index in [0.717, 1.165) is 23.3 Å². The fourth-order valence-corrected chi connectivity index (χ4v) is 4.06. The van der Waals surface area contributed by atoms with E-state index in [1.54, 1.807) is 0 Å². The van der Waals surface area contributed by atoms with Crippen molar-refractivity contribution in [3.05, 3.63) is 29.3 Å². The summed E-state index contributed by atoms with van der Waals surface area (Å²) in [6.45, 7) is 6.85. The van der Waals surface area contributed by atoms with Crippen molar-refractivity contribution in [1.29, 1.82) is 0 Å². The molecule has 0 unspecified atom stereocenters. The van der Waals surface area contributed by atoms with Crippen LogP contribution in [0.25, 0.3) is 0 Å². The summed E-state index contributed by atoms with van der Waals surface area (Å²) in [6, 6.07) is 5.98. The van der Waals surface area contributed by atoms with Crippen LogP contribution in [-0.4, -0.2) is 29.6 Å². The number of thioether (sulfide) groups is 1. The maximum absolute atomic E-state index is 12.3. The lowest BCUT2D eigenvalue weighted by molar-refractivity contribution is -0.127. The van der Waals surface area contributed by atoms with Crippen LogP contribution in [0.2, 0.25) is 0 Å². The average Bonchev–Trinajstić information content (AvgIpc) is 3.05. The van der Waals surface area contributed by atoms with Crippen LogP contribution in [0.3, 0.4) is 0 Å². The molecule has 3 nitrogen and oxygen atoms in total. The van der Waals surface area contributed by atoms with Crippen molar-refractivity contribution in [1.82, 2.24) is 5.32 Å². The zero-order valence-electron chi connectivity index (χ0n) is 14.6. The summed E-state index contributed by atoms with van der Waals surface area (Å²) in [4.78, 5) is 12.3. The molecule has 128 valence electrons. The Bertz CT molecular complexity index is 512. The molecule has 0 heterocycles. The first-order valence-corrected chi connectivity index (χ1v) is 9.78. The van der Waals surface area contributed by atoms with E-state index in [1.165, 1.54) is 36.8 Å². The molecule has 4 heteroatoms. The molecule has 1 aliphatic rings. The zero-order chi connectivity index (χ0) is 16.7. The number of hydrogen-bond acceptors (Lipinski definition) is 3. The van der Waals surface area contributed by atoms with Gasteiger partial charge in [0, 0.05) is 17.5 Å². The highest BCUT2D eigenvalue weighted by molar-refractivity contribution is 7.99. The summed E-state index contributed by atoms with van der Waals surface area (Å²) >= 11 is 2.00. The number of hydrogen-bond donors (Lipinski definition) is 1. The predicted molar refractivity (Wildman–Crippen MR) is 98.3 cm³/mol. The van der Waals surface area contributed by atoms with Gasteiger partial charge in [0.05, 0.1) is 0 Å². The molecule has 0 saturated heterocycles. The number of benzene rings is 1. The predicted octanol–water partition coefficient (Wildman–Crippen LogP) is 4.25. The van der Waals surface area contributed by atoms with Crippen molar-refractivity contribution in [2.75, 3.05) is 12.3 Å². The molecule has 1 aromatic rings. The fraction of sp³-hybridized carbons (Fsp3) is 0.632. The summed E-state index contributed by atoms with van der Waals surface area (Å²) in [5, 5.41) is 3.83. The van der Waals surface area contributed by atoms with E-state index >= 15 is 0 Å². The van der Waals surface area contributed by atoms with Crippen molar-refractivity contribution in [2.45, 2.75) is 64.2 Å². The smallest absolute Gasteiger partial charge is 0.261 e. The molecule has 1 aliphatic carbocycles. The van der Waals surface area contributed by atoms with Gasteiger partial charge in [-0.2, -0.15) is 11.8 Å². The lowest BCUT2D eigenvalue weighted by atomic mass is 10.1. The molecule has 0 radical (unpaired) electrons. The Balaban J connectivity index is 1.75. The molecular weight excluding hydrogens is 306 g/mol. The maximum Gasteiger partial charge on any atom is 0.261 e. The molecule has 0 spiro atoms. The average molecular weight is 336 g/mol. The monoisotopic (exact) mass is 335 g/mol. The molecule has 2 rings (SSSR count). The zero-order valence-corrected chi connectivity index (χ0v) is 15.4. The SMILES string of the molecule is CC[C@@H](Oc1ccc(C)c(C)c1)C(=O)NCCSC1CCCC1. The molecule has 0 aromatic heterocycles. The van der Waals surface area contributed by atoms with Gasteiger partial charge in [-0.25, -0.2) is 0 Å². The Labute approximate surface area is 144 Å². The highest BCUT2D eigenvalue weighted by atomic mass is 32.2. The van der Waals surface area contributed by atoms with E-state index < -0.39 is 6.10 Å². The van der Waals surface area contributed by atoms with Gasteiger partial charge in [0.25, 0.3) is 5.91 Å². The van der Waals surface area contributed by atoms with Crippen LogP contribution in [0.4, 0.5) is 0 Å². The summed E-state index contributed by atoms with van der Waals surface area (Å²) in [5.74, 6) is 1.77. The van der Waals surface area contributed by atoms with Crippen molar-refractivity contribution < 1.29 is 9.53 Å². The van der Waals surface area contributed by atoms with Crippen LogP contribution < -0.4 is 10.1 Å². The van der Waals surface area contributed by atoms with Gasteiger partial charge in [0.15, 0.2) is 6.10 Å². The third-order valence-electron chi connectivity index (χ3n) is 4.48. The normalized spacial score (nSPS) is 16.3. The second kappa shape index (κ2) is 9.21. The standard InChI is InChI=1S/C19H29NO2S/c1-4-18(22-16-10-9-14(2)15(3)13-16)19(21)20-11-12-23-17-7-5-6-8-17/h9-10,13,17-18H,4-8,11-12H2,1-3H3,(H,20,21)/t18-/m1/s1. The lowest BCUT2D eigenvalue weighted by Gasteiger charge is -2.18. The van der Waals surface area contributed by atoms with Crippen LogP contribution in [0.1, 0.15) is 50.2 Å². The van der Waals surface area contributed by atoms with E-state index in [-0.39, 0.29) is 5.91 Å². The van der Waals surface area contributed by atoms with Gasteiger partial charge >= 0.3 is 0 Å². The van der Waals surface area contributed by atoms with E-state index in [2.05, 4.69) is 19.2 Å². The molecule has 0 aliphatic heterocycles. The molecule has 1 fully saturated rings. The molecule has 1 atom stereocenters. The molecule has 23 heavy (non-hydrogen) atoms. The largest absolute Gasteiger partial charge is 0.481 e. The number of nitrogens with one attached hydrogen (secondary N) is 1. The minimum absolute atomic E-state index is 0.00208. The second-order valence-corrected chi connectivity index (χ2v) is 7.74. The molecule has 1 aromatic carbocycles. The Morgan fingerprint density at radius 2 is 2.04 bits per heavy atom. The molecule has 0 bridgehead atoms. The summed E-state index contributed by atoms with van der Waals surface area (Å²) in [6.07, 6.45) is 5.68. The van der Waals surface area contributed by atoms with E-state index in [0.29, 0.717) is 6.42 Å². The van der Waals surface area contributed by atoms with Crippen molar-refractivity contribution in [3.63, 3.8) is 0 Å². The first kappa shape index (κ1) is 18.2. The first-order chi connectivity index (χ1) is 11.1.